The van der Waals surface area contributed by atoms with Crippen molar-refractivity contribution in [2.75, 3.05) is 52.7 Å². The number of hydrogen-bond acceptors (Lipinski definition) is 11. The Hall–Kier alpha value is -3.73. The standard InChI is InChI=1S/C61H93N5O9S/c1-39-50(76-38-64-39)41-14-12-40(13-15-41)36-63-52(70)45-34-42(67)37-66(45)53(71)51(55(2,3)4)65-49(69)20-28-73-30-32-75-33-31-74-29-27-62-54(72)61-25-23-56(5,6)35-44(61)43-16-17-47-58(9)21-19-48(68)57(7,8)46(58)18-22-60(47,11)59(43,10)24-26-61/h12-16,38,42,44-48,51,67-68H,17-37H2,1-11H3,(H,62,72)(H,63,70)(H,65,69)/t42-,44?,45+,46?,47?,48+,51-,58+,59-,60-,61+/m1/s1. The van der Waals surface area contributed by atoms with Gasteiger partial charge in [-0.1, -0.05) is 105 Å². The lowest BCUT2D eigenvalue weighted by Gasteiger charge is -2.71. The number of benzene rings is 1. The molecule has 15 heteroatoms. The van der Waals surface area contributed by atoms with Crippen molar-refractivity contribution in [3.63, 3.8) is 0 Å². The Morgan fingerprint density at radius 1 is 0.829 bits per heavy atom. The van der Waals surface area contributed by atoms with Gasteiger partial charge < -0.3 is 45.3 Å². The molecular weight excluding hydrogens is 979 g/mol. The zero-order chi connectivity index (χ0) is 55.1. The topological polar surface area (TPSA) is 189 Å². The molecule has 2 aromatic rings. The predicted molar refractivity (Wildman–Crippen MR) is 297 cm³/mol. The highest BCUT2D eigenvalue weighted by atomic mass is 32.1. The minimum Gasteiger partial charge on any atom is -0.393 e. The number of nitrogens with one attached hydrogen (secondary N) is 3. The summed E-state index contributed by atoms with van der Waals surface area (Å²) in [5, 5.41) is 30.9. The number of likely N-dealkylation sites (tertiary alicyclic amines) is 1. The number of aromatic nitrogens is 1. The van der Waals surface area contributed by atoms with Gasteiger partial charge in [0.25, 0.3) is 0 Å². The lowest BCUT2D eigenvalue weighted by molar-refractivity contribution is -0.203. The Labute approximate surface area is 458 Å². The highest BCUT2D eigenvalue weighted by Gasteiger charge is 2.69. The fourth-order valence-electron chi connectivity index (χ4n) is 15.8. The molecule has 4 saturated carbocycles. The number of carbonyl (C=O) groups excluding carboxylic acids is 4. The Balaban J connectivity index is 0.733. The minimum absolute atomic E-state index is 0.000877. The minimum atomic E-state index is -0.928. The van der Waals surface area contributed by atoms with Crippen LogP contribution in [0.5, 0.6) is 0 Å². The summed E-state index contributed by atoms with van der Waals surface area (Å²) < 4.78 is 17.4. The van der Waals surface area contributed by atoms with E-state index < -0.39 is 34.9 Å². The number of aliphatic hydroxyl groups excluding tert-OH is 2. The second-order valence-corrected chi connectivity index (χ2v) is 27.9. The van der Waals surface area contributed by atoms with E-state index in [0.717, 1.165) is 79.5 Å². The van der Waals surface area contributed by atoms with Gasteiger partial charge in [0.1, 0.15) is 12.1 Å². The molecule has 1 aromatic carbocycles. The summed E-state index contributed by atoms with van der Waals surface area (Å²) in [5.41, 5.74) is 5.70. The van der Waals surface area contributed by atoms with Crippen LogP contribution in [-0.2, 0) is 39.9 Å². The summed E-state index contributed by atoms with van der Waals surface area (Å²) in [6.07, 6.45) is 12.0. The van der Waals surface area contributed by atoms with Crippen molar-refractivity contribution in [3.05, 3.63) is 52.7 Å². The molecule has 0 spiro atoms. The SMILES string of the molecule is Cc1ncsc1-c1ccc(CNC(=O)[C@@H]2C[C@@H](O)CN2C(=O)[C@@H](NC(=O)CCOCCOCCOCCNC(=O)[C@]23CCC(C)(C)CC2C2=CCC4[C@@]5(C)CC[C@H](O)C(C)(C)C5CC[C@@]4(C)[C@]2(C)CC3)C(C)(C)C)cc1. The third kappa shape index (κ3) is 11.5. The largest absolute Gasteiger partial charge is 0.393 e. The van der Waals surface area contributed by atoms with Gasteiger partial charge in [-0.2, -0.15) is 0 Å². The van der Waals surface area contributed by atoms with Crippen LogP contribution in [0.25, 0.3) is 10.4 Å². The first kappa shape index (κ1) is 58.4. The molecule has 422 valence electrons. The monoisotopic (exact) mass is 1070 g/mol. The second-order valence-electron chi connectivity index (χ2n) is 27.0. The van der Waals surface area contributed by atoms with E-state index in [4.69, 9.17) is 14.2 Å². The molecule has 1 saturated heterocycles. The first-order valence-corrected chi connectivity index (χ1v) is 29.6. The zero-order valence-corrected chi connectivity index (χ0v) is 48.7. The van der Waals surface area contributed by atoms with Crippen molar-refractivity contribution in [1.29, 1.82) is 0 Å². The number of hydrogen-bond donors (Lipinski definition) is 5. The normalized spacial score (nSPS) is 32.9. The van der Waals surface area contributed by atoms with Gasteiger partial charge in [0.15, 0.2) is 0 Å². The van der Waals surface area contributed by atoms with Crippen LogP contribution in [0.3, 0.4) is 0 Å². The molecular formula is C61H93N5O9S. The third-order valence-electron chi connectivity index (χ3n) is 20.5. The molecule has 14 nitrogen and oxygen atoms in total. The Bertz CT molecular complexity index is 2430. The second kappa shape index (κ2) is 22.8. The summed E-state index contributed by atoms with van der Waals surface area (Å²) in [6.45, 7) is 27.3. The van der Waals surface area contributed by atoms with Crippen molar-refractivity contribution in [3.8, 4) is 10.4 Å². The number of aryl methyl sites for hydroxylation is 1. The van der Waals surface area contributed by atoms with E-state index in [2.05, 4.69) is 75.5 Å². The summed E-state index contributed by atoms with van der Waals surface area (Å²) in [5.74, 6) is 0.362. The Morgan fingerprint density at radius 2 is 1.50 bits per heavy atom. The first-order chi connectivity index (χ1) is 35.8. The van der Waals surface area contributed by atoms with Crippen molar-refractivity contribution in [2.45, 2.75) is 184 Å². The molecule has 5 fully saturated rings. The molecule has 0 bridgehead atoms. The molecule has 6 aliphatic rings. The predicted octanol–water partition coefficient (Wildman–Crippen LogP) is 8.95. The van der Waals surface area contributed by atoms with Crippen LogP contribution in [0.1, 0.15) is 158 Å². The highest BCUT2D eigenvalue weighted by Crippen LogP contribution is 2.75. The Kier molecular flexibility index (Phi) is 17.5. The molecule has 3 unspecified atom stereocenters. The molecule has 2 heterocycles. The zero-order valence-electron chi connectivity index (χ0n) is 47.9. The number of amides is 4. The van der Waals surface area contributed by atoms with Crippen molar-refractivity contribution in [1.82, 2.24) is 25.8 Å². The lowest BCUT2D eigenvalue weighted by atomic mass is 9.33. The van der Waals surface area contributed by atoms with Gasteiger partial charge in [0.05, 0.1) is 73.3 Å². The molecule has 0 radical (unpaired) electrons. The fourth-order valence-corrected chi connectivity index (χ4v) is 16.6. The number of nitrogens with zero attached hydrogens (tertiary/aromatic N) is 2. The van der Waals surface area contributed by atoms with Crippen LogP contribution in [0, 0.1) is 62.6 Å². The van der Waals surface area contributed by atoms with Gasteiger partial charge in [-0.05, 0) is 133 Å². The lowest BCUT2D eigenvalue weighted by Crippen LogP contribution is -2.65. The van der Waals surface area contributed by atoms with E-state index in [-0.39, 0.29) is 96.0 Å². The van der Waals surface area contributed by atoms with Crippen LogP contribution in [0.15, 0.2) is 41.4 Å². The van der Waals surface area contributed by atoms with Gasteiger partial charge in [0.2, 0.25) is 23.6 Å². The van der Waals surface area contributed by atoms with E-state index in [0.29, 0.717) is 44.8 Å². The quantitative estimate of drug-likeness (QED) is 0.0671. The third-order valence-corrected chi connectivity index (χ3v) is 21.5. The van der Waals surface area contributed by atoms with Crippen LogP contribution in [0.2, 0.25) is 0 Å². The van der Waals surface area contributed by atoms with E-state index >= 15 is 0 Å². The molecule has 5 N–H and O–H groups in total. The molecule has 1 aliphatic heterocycles. The van der Waals surface area contributed by atoms with E-state index in [1.807, 2.05) is 57.5 Å². The van der Waals surface area contributed by atoms with Gasteiger partial charge in [0, 0.05) is 32.5 Å². The average molecular weight is 1070 g/mol. The van der Waals surface area contributed by atoms with E-state index in [1.54, 1.807) is 16.9 Å². The summed E-state index contributed by atoms with van der Waals surface area (Å²) >= 11 is 1.58. The van der Waals surface area contributed by atoms with Gasteiger partial charge in [-0.3, -0.25) is 19.2 Å². The smallest absolute Gasteiger partial charge is 0.246 e. The van der Waals surface area contributed by atoms with E-state index in [9.17, 15) is 29.4 Å². The molecule has 5 aliphatic carbocycles. The molecule has 8 rings (SSSR count). The average Bonchev–Trinajstić information content (AvgIpc) is 4.13. The number of fused-ring (bicyclic) bond motifs is 7. The number of carbonyl (C=O) groups is 4. The summed E-state index contributed by atoms with van der Waals surface area (Å²) in [6, 6.07) is 6.11. The fraction of sp³-hybridized carbons (Fsp3) is 0.754. The summed E-state index contributed by atoms with van der Waals surface area (Å²) in [4.78, 5) is 62.1. The van der Waals surface area contributed by atoms with Crippen LogP contribution < -0.4 is 16.0 Å². The number of β-amino-alcohol motifs (C(OH)–C–C–N with tert-alkyl or cyclic N) is 1. The van der Waals surface area contributed by atoms with Crippen molar-refractivity contribution < 1.29 is 43.6 Å². The molecule has 4 amide bonds. The van der Waals surface area contributed by atoms with Gasteiger partial charge in [-0.25, -0.2) is 4.98 Å². The number of allylic oxidation sites excluding steroid dienone is 2. The maximum absolute atomic E-state index is 14.5. The maximum atomic E-state index is 14.5. The molecule has 11 atom stereocenters. The first-order valence-electron chi connectivity index (χ1n) is 28.7. The van der Waals surface area contributed by atoms with Crippen molar-refractivity contribution in [2.24, 2.45) is 55.7 Å². The number of ether oxygens (including phenoxy) is 3. The van der Waals surface area contributed by atoms with Crippen LogP contribution >= 0.6 is 11.3 Å². The Morgan fingerprint density at radius 3 is 2.17 bits per heavy atom. The van der Waals surface area contributed by atoms with Gasteiger partial charge >= 0.3 is 0 Å². The van der Waals surface area contributed by atoms with Crippen molar-refractivity contribution >= 4 is 35.0 Å². The van der Waals surface area contributed by atoms with Gasteiger partial charge in [-0.15, -0.1) is 11.3 Å². The summed E-state index contributed by atoms with van der Waals surface area (Å²) in [7, 11) is 0. The molecule has 76 heavy (non-hydrogen) atoms. The number of rotatable bonds is 19. The maximum Gasteiger partial charge on any atom is 0.246 e. The molecule has 1 aromatic heterocycles. The number of thiazole rings is 1. The van der Waals surface area contributed by atoms with E-state index in [1.165, 1.54) is 11.3 Å². The highest BCUT2D eigenvalue weighted by molar-refractivity contribution is 7.13. The van der Waals surface area contributed by atoms with Crippen LogP contribution in [-0.4, -0.2) is 121 Å². The van der Waals surface area contributed by atoms with Crippen LogP contribution in [0.4, 0.5) is 0 Å². The number of aliphatic hydroxyl groups is 2.